The van der Waals surface area contributed by atoms with Gasteiger partial charge >= 0.3 is 0 Å². The summed E-state index contributed by atoms with van der Waals surface area (Å²) in [4.78, 5) is 0. The third kappa shape index (κ3) is 3.29. The summed E-state index contributed by atoms with van der Waals surface area (Å²) >= 11 is 0. The van der Waals surface area contributed by atoms with E-state index >= 15 is 0 Å². The molecule has 0 aromatic heterocycles. The highest BCUT2D eigenvalue weighted by Crippen LogP contribution is 2.31. The summed E-state index contributed by atoms with van der Waals surface area (Å²) in [7, 11) is 0. The van der Waals surface area contributed by atoms with E-state index in [-0.39, 0.29) is 0 Å². The van der Waals surface area contributed by atoms with Crippen molar-refractivity contribution in [2.45, 2.75) is 45.1 Å². The summed E-state index contributed by atoms with van der Waals surface area (Å²) in [5.41, 5.74) is 0.666. The van der Waals surface area contributed by atoms with Crippen molar-refractivity contribution >= 4 is 0 Å². The second-order valence-electron chi connectivity index (χ2n) is 5.55. The minimum Gasteiger partial charge on any atom is -0.392 e. The molecule has 1 saturated carbocycles. The molecule has 1 aromatic rings. The maximum absolute atomic E-state index is 13.1. The van der Waals surface area contributed by atoms with Crippen LogP contribution in [0.5, 0.6) is 0 Å². The summed E-state index contributed by atoms with van der Waals surface area (Å²) in [6.45, 7) is 2.20. The third-order valence-electron chi connectivity index (χ3n) is 3.95. The van der Waals surface area contributed by atoms with E-state index in [1.165, 1.54) is 12.5 Å². The molecule has 3 unspecified atom stereocenters. The minimum atomic E-state index is -0.836. The Morgan fingerprint density at radius 3 is 2.72 bits per heavy atom. The van der Waals surface area contributed by atoms with Gasteiger partial charge in [-0.25, -0.2) is 8.78 Å². The van der Waals surface area contributed by atoms with Crippen molar-refractivity contribution in [3.8, 4) is 0 Å². The predicted octanol–water partition coefficient (Wildman–Crippen LogP) is 3.69. The van der Waals surface area contributed by atoms with Crippen LogP contribution in [-0.4, -0.2) is 11.2 Å². The Morgan fingerprint density at radius 1 is 1.28 bits per heavy atom. The van der Waals surface area contributed by atoms with Crippen molar-refractivity contribution in [1.29, 1.82) is 0 Å². The van der Waals surface area contributed by atoms with Crippen LogP contribution in [0.25, 0.3) is 0 Å². The molecular formula is C15H20F2O. The first-order valence-corrected chi connectivity index (χ1v) is 6.68. The average Bonchev–Trinajstić information content (AvgIpc) is 2.34. The van der Waals surface area contributed by atoms with Crippen LogP contribution < -0.4 is 0 Å². The number of aliphatic hydroxyl groups excluding tert-OH is 1. The lowest BCUT2D eigenvalue weighted by Gasteiger charge is -2.30. The highest BCUT2D eigenvalue weighted by atomic mass is 19.2. The van der Waals surface area contributed by atoms with Gasteiger partial charge in [-0.2, -0.15) is 0 Å². The molecule has 0 heterocycles. The highest BCUT2D eigenvalue weighted by molar-refractivity contribution is 5.18. The van der Waals surface area contributed by atoms with Crippen molar-refractivity contribution in [2.24, 2.45) is 11.8 Å². The fourth-order valence-electron chi connectivity index (χ4n) is 2.91. The lowest BCUT2D eigenvalue weighted by Crippen LogP contribution is -2.27. The Morgan fingerprint density at radius 2 is 2.06 bits per heavy atom. The molecule has 3 heteroatoms. The fraction of sp³-hybridized carbons (Fsp3) is 0.600. The third-order valence-corrected chi connectivity index (χ3v) is 3.95. The van der Waals surface area contributed by atoms with Gasteiger partial charge in [-0.15, -0.1) is 0 Å². The largest absolute Gasteiger partial charge is 0.392 e. The van der Waals surface area contributed by atoms with E-state index in [0.29, 0.717) is 23.8 Å². The normalized spacial score (nSPS) is 26.0. The van der Waals surface area contributed by atoms with Gasteiger partial charge in [0.05, 0.1) is 6.10 Å². The van der Waals surface area contributed by atoms with Crippen LogP contribution in [0.3, 0.4) is 0 Å². The molecule has 18 heavy (non-hydrogen) atoms. The minimum absolute atomic E-state index is 0.293. The molecule has 0 amide bonds. The zero-order chi connectivity index (χ0) is 13.1. The molecule has 1 N–H and O–H groups in total. The second-order valence-corrected chi connectivity index (χ2v) is 5.55. The highest BCUT2D eigenvalue weighted by Gasteiger charge is 2.25. The smallest absolute Gasteiger partial charge is 0.159 e. The van der Waals surface area contributed by atoms with Crippen LogP contribution in [0.1, 0.15) is 38.2 Å². The van der Waals surface area contributed by atoms with Gasteiger partial charge in [0.2, 0.25) is 0 Å². The number of halogens is 2. The zero-order valence-electron chi connectivity index (χ0n) is 10.7. The molecule has 0 bridgehead atoms. The Hall–Kier alpha value is -0.960. The molecule has 1 aliphatic rings. The Bertz CT molecular complexity index is 405. The van der Waals surface area contributed by atoms with E-state index in [1.54, 1.807) is 6.07 Å². The molecule has 0 spiro atoms. The maximum atomic E-state index is 13.1. The van der Waals surface area contributed by atoms with Gasteiger partial charge in [-0.3, -0.25) is 0 Å². The first-order valence-electron chi connectivity index (χ1n) is 6.68. The number of rotatable bonds is 3. The Kier molecular flexibility index (Phi) is 4.33. The molecule has 1 fully saturated rings. The molecule has 0 aliphatic heterocycles. The van der Waals surface area contributed by atoms with E-state index in [0.717, 1.165) is 25.3 Å². The van der Waals surface area contributed by atoms with Crippen molar-refractivity contribution in [3.63, 3.8) is 0 Å². The van der Waals surface area contributed by atoms with Crippen LogP contribution >= 0.6 is 0 Å². The average molecular weight is 254 g/mol. The first-order chi connectivity index (χ1) is 8.56. The van der Waals surface area contributed by atoms with Gasteiger partial charge < -0.3 is 5.11 Å². The van der Waals surface area contributed by atoms with E-state index in [4.69, 9.17) is 0 Å². The van der Waals surface area contributed by atoms with Gasteiger partial charge in [0.15, 0.2) is 11.6 Å². The lowest BCUT2D eigenvalue weighted by molar-refractivity contribution is 0.0719. The fourth-order valence-corrected chi connectivity index (χ4v) is 2.91. The molecule has 2 rings (SSSR count). The standard InChI is InChI=1S/C15H20F2O/c1-10-3-2-4-12(7-10)15(18)9-11-5-6-13(16)14(17)8-11/h5-6,8,10,12,15,18H,2-4,7,9H2,1H3. The summed E-state index contributed by atoms with van der Waals surface area (Å²) in [5.74, 6) is -0.721. The molecule has 0 saturated heterocycles. The van der Waals surface area contributed by atoms with Crippen molar-refractivity contribution in [1.82, 2.24) is 0 Å². The Balaban J connectivity index is 1.97. The van der Waals surface area contributed by atoms with Gasteiger partial charge in [0, 0.05) is 0 Å². The van der Waals surface area contributed by atoms with Crippen LogP contribution in [0.4, 0.5) is 8.78 Å². The van der Waals surface area contributed by atoms with Gasteiger partial charge in [0.1, 0.15) is 0 Å². The SMILES string of the molecule is CC1CCCC(C(O)Cc2ccc(F)c(F)c2)C1. The van der Waals surface area contributed by atoms with Gasteiger partial charge in [0.25, 0.3) is 0 Å². The first kappa shape index (κ1) is 13.5. The molecule has 0 radical (unpaired) electrons. The number of hydrogen-bond acceptors (Lipinski definition) is 1. The molecule has 1 aromatic carbocycles. The van der Waals surface area contributed by atoms with E-state index in [9.17, 15) is 13.9 Å². The maximum Gasteiger partial charge on any atom is 0.159 e. The summed E-state index contributed by atoms with van der Waals surface area (Å²) in [6.07, 6.45) is 4.42. The zero-order valence-corrected chi connectivity index (χ0v) is 10.7. The molecule has 3 atom stereocenters. The van der Waals surface area contributed by atoms with E-state index in [2.05, 4.69) is 6.92 Å². The topological polar surface area (TPSA) is 20.2 Å². The van der Waals surface area contributed by atoms with Crippen LogP contribution in [0, 0.1) is 23.5 Å². The van der Waals surface area contributed by atoms with Crippen molar-refractivity contribution < 1.29 is 13.9 Å². The van der Waals surface area contributed by atoms with E-state index in [1.807, 2.05) is 0 Å². The van der Waals surface area contributed by atoms with E-state index < -0.39 is 17.7 Å². The molecular weight excluding hydrogens is 234 g/mol. The molecule has 1 nitrogen and oxygen atoms in total. The predicted molar refractivity (Wildman–Crippen MR) is 67.2 cm³/mol. The Labute approximate surface area is 107 Å². The number of hydrogen-bond donors (Lipinski definition) is 1. The van der Waals surface area contributed by atoms with Crippen molar-refractivity contribution in [2.75, 3.05) is 0 Å². The van der Waals surface area contributed by atoms with Crippen LogP contribution in [0.15, 0.2) is 18.2 Å². The summed E-state index contributed by atoms with van der Waals surface area (Å²) < 4.78 is 25.9. The number of benzene rings is 1. The quantitative estimate of drug-likeness (QED) is 0.872. The van der Waals surface area contributed by atoms with Crippen LogP contribution in [-0.2, 0) is 6.42 Å². The molecule has 1 aliphatic carbocycles. The summed E-state index contributed by atoms with van der Waals surface area (Å²) in [6, 6.07) is 3.86. The summed E-state index contributed by atoms with van der Waals surface area (Å²) in [5, 5.41) is 10.2. The number of aliphatic hydroxyl groups is 1. The van der Waals surface area contributed by atoms with Crippen LogP contribution in [0.2, 0.25) is 0 Å². The second kappa shape index (κ2) is 5.79. The molecule has 100 valence electrons. The van der Waals surface area contributed by atoms with Gasteiger partial charge in [-0.05, 0) is 48.8 Å². The lowest BCUT2D eigenvalue weighted by atomic mass is 9.78. The van der Waals surface area contributed by atoms with Crippen molar-refractivity contribution in [3.05, 3.63) is 35.4 Å². The monoisotopic (exact) mass is 254 g/mol. The van der Waals surface area contributed by atoms with Gasteiger partial charge in [-0.1, -0.05) is 25.8 Å².